The van der Waals surface area contributed by atoms with E-state index in [4.69, 9.17) is 18.4 Å². The van der Waals surface area contributed by atoms with Crippen molar-refractivity contribution in [1.29, 1.82) is 0 Å². The molecule has 1 aromatic carbocycles. The van der Waals surface area contributed by atoms with Gasteiger partial charge in [-0.25, -0.2) is 18.3 Å². The number of ketones is 1. The van der Waals surface area contributed by atoms with Crippen molar-refractivity contribution in [1.82, 2.24) is 24.1 Å². The van der Waals surface area contributed by atoms with Gasteiger partial charge in [0.2, 0.25) is 5.95 Å². The fraction of sp³-hybridized carbons (Fsp3) is 0.227. The molecule has 0 aliphatic carbocycles. The van der Waals surface area contributed by atoms with Crippen LogP contribution in [0.25, 0.3) is 11.2 Å². The molecule has 9 nitrogen and oxygen atoms in total. The maximum absolute atomic E-state index is 14.5. The number of hydrogen-bond donors (Lipinski definition) is 2. The van der Waals surface area contributed by atoms with Gasteiger partial charge in [-0.05, 0) is 37.3 Å². The van der Waals surface area contributed by atoms with Gasteiger partial charge in [0.25, 0.3) is 5.56 Å². The Morgan fingerprint density at radius 3 is 2.59 bits per heavy atom. The van der Waals surface area contributed by atoms with Gasteiger partial charge < -0.3 is 10.6 Å². The lowest BCUT2D eigenvalue weighted by molar-refractivity contribution is 0.101. The molecule has 2 unspecified atom stereocenters. The molecule has 1 aliphatic rings. The number of carbonyl (C=O) groups excluding carboxylic acids is 1. The highest BCUT2D eigenvalue weighted by Gasteiger charge is 2.55. The van der Waals surface area contributed by atoms with Crippen molar-refractivity contribution in [3.63, 3.8) is 0 Å². The lowest BCUT2D eigenvalue weighted by Gasteiger charge is -2.55. The van der Waals surface area contributed by atoms with Crippen LogP contribution >= 0.6 is 12.6 Å². The van der Waals surface area contributed by atoms with Crippen molar-refractivity contribution >= 4 is 35.7 Å². The van der Waals surface area contributed by atoms with Crippen molar-refractivity contribution in [3.8, 4) is 5.69 Å². The van der Waals surface area contributed by atoms with Crippen LogP contribution in [0.2, 0.25) is 0 Å². The molecule has 2 atom stereocenters. The number of anilines is 2. The molecule has 1 aliphatic heterocycles. The van der Waals surface area contributed by atoms with E-state index >= 15 is 0 Å². The van der Waals surface area contributed by atoms with Gasteiger partial charge in [-0.3, -0.25) is 14.2 Å². The van der Waals surface area contributed by atoms with Crippen molar-refractivity contribution < 1.29 is 13.6 Å². The minimum absolute atomic E-state index is 0.0398. The summed E-state index contributed by atoms with van der Waals surface area (Å²) in [5.74, 6) is -1.37. The first-order valence-electron chi connectivity index (χ1n) is 10.3. The maximum Gasteiger partial charge on any atom is 0.285 e. The summed E-state index contributed by atoms with van der Waals surface area (Å²) in [7, 11) is 0. The van der Waals surface area contributed by atoms with Crippen LogP contribution in [0.1, 0.15) is 30.0 Å². The molecule has 34 heavy (non-hydrogen) atoms. The third kappa shape index (κ3) is 3.09. The van der Waals surface area contributed by atoms with Crippen LogP contribution in [0.5, 0.6) is 0 Å². The molecule has 0 radical (unpaired) electrons. The molecule has 0 amide bonds. The van der Waals surface area contributed by atoms with Crippen molar-refractivity contribution in [3.05, 3.63) is 76.1 Å². The van der Waals surface area contributed by atoms with Crippen LogP contribution < -0.4 is 16.2 Å². The molecular formula is C22H19F2N7O2S. The number of Topliss-reactive ketones (excluding diaryl/α,β-unsaturated/α-hetero) is 1. The Morgan fingerprint density at radius 2 is 1.94 bits per heavy atom. The third-order valence-corrected chi connectivity index (χ3v) is 6.91. The topological polar surface area (TPSA) is 111 Å². The second-order valence-corrected chi connectivity index (χ2v) is 8.84. The summed E-state index contributed by atoms with van der Waals surface area (Å²) in [6.07, 6.45) is 2.67. The molecule has 1 fully saturated rings. The quantitative estimate of drug-likeness (QED) is 0.339. The SMILES string of the molecule is CC(=O)c1cnc(N)nc1N1CC(C)C1(S)c1nn2ccc(F)c2c(=O)n1-c1ccc(F)cc1. The van der Waals surface area contributed by atoms with Crippen LogP contribution in [-0.2, 0) is 4.87 Å². The number of halogens is 2. The highest BCUT2D eigenvalue weighted by atomic mass is 32.1. The van der Waals surface area contributed by atoms with E-state index in [1.807, 2.05) is 6.92 Å². The number of hydrogen-bond acceptors (Lipinski definition) is 8. The fourth-order valence-corrected chi connectivity index (χ4v) is 4.62. The summed E-state index contributed by atoms with van der Waals surface area (Å²) in [5.41, 5.74) is 5.35. The average molecular weight is 484 g/mol. The van der Waals surface area contributed by atoms with Gasteiger partial charge in [0, 0.05) is 24.9 Å². The van der Waals surface area contributed by atoms with E-state index in [1.54, 1.807) is 4.90 Å². The minimum atomic E-state index is -1.26. The van der Waals surface area contributed by atoms with E-state index in [-0.39, 0.29) is 46.1 Å². The number of rotatable bonds is 4. The molecule has 174 valence electrons. The highest BCUT2D eigenvalue weighted by Crippen LogP contribution is 2.50. The Hall–Kier alpha value is -3.80. The minimum Gasteiger partial charge on any atom is -0.368 e. The number of benzene rings is 1. The lowest BCUT2D eigenvalue weighted by atomic mass is 9.87. The molecule has 5 rings (SSSR count). The number of nitrogens with zero attached hydrogens (tertiary/aromatic N) is 6. The Balaban J connectivity index is 1.81. The number of nitrogens with two attached hydrogens (primary N) is 1. The molecule has 0 bridgehead atoms. The fourth-order valence-electron chi connectivity index (χ4n) is 4.22. The lowest BCUT2D eigenvalue weighted by Crippen LogP contribution is -2.63. The second-order valence-electron chi connectivity index (χ2n) is 8.16. The third-order valence-electron chi connectivity index (χ3n) is 6.03. The van der Waals surface area contributed by atoms with Crippen molar-refractivity contribution in [2.45, 2.75) is 18.7 Å². The predicted molar refractivity (Wildman–Crippen MR) is 124 cm³/mol. The number of carbonyl (C=O) groups is 1. The zero-order chi connectivity index (χ0) is 24.4. The van der Waals surface area contributed by atoms with Crippen molar-refractivity contribution in [2.24, 2.45) is 5.92 Å². The Bertz CT molecular complexity index is 1520. The molecule has 1 saturated heterocycles. The molecule has 12 heteroatoms. The number of thiol groups is 1. The van der Waals surface area contributed by atoms with Crippen LogP contribution in [0, 0.1) is 17.6 Å². The Labute approximate surface area is 197 Å². The van der Waals surface area contributed by atoms with Gasteiger partial charge in [-0.1, -0.05) is 6.92 Å². The van der Waals surface area contributed by atoms with Crippen LogP contribution in [0.4, 0.5) is 20.5 Å². The van der Waals surface area contributed by atoms with Gasteiger partial charge in [-0.2, -0.15) is 10.1 Å². The van der Waals surface area contributed by atoms with E-state index in [0.717, 1.165) is 10.6 Å². The monoisotopic (exact) mass is 483 g/mol. The summed E-state index contributed by atoms with van der Waals surface area (Å²) >= 11 is 4.94. The first-order valence-corrected chi connectivity index (χ1v) is 10.8. The van der Waals surface area contributed by atoms with Crippen LogP contribution in [-0.4, -0.2) is 36.5 Å². The number of aromatic nitrogens is 5. The standard InChI is InChI=1S/C22H19F2N7O2S/c1-11-10-29(18-15(12(2)32)9-26-21(25)27-18)22(11,34)20-28-30-8-7-16(24)17(30)19(33)31(20)14-5-3-13(23)4-6-14/h3-9,11,34H,10H2,1-2H3,(H2,25,26,27). The molecule has 0 spiro atoms. The van der Waals surface area contributed by atoms with Gasteiger partial charge in [0.05, 0.1) is 11.3 Å². The molecule has 2 N–H and O–H groups in total. The average Bonchev–Trinajstić information content (AvgIpc) is 3.18. The Morgan fingerprint density at radius 1 is 1.24 bits per heavy atom. The van der Waals surface area contributed by atoms with Gasteiger partial charge in [-0.15, -0.1) is 12.6 Å². The smallest absolute Gasteiger partial charge is 0.285 e. The van der Waals surface area contributed by atoms with Gasteiger partial charge in [0.1, 0.15) is 16.5 Å². The Kier molecular flexibility index (Phi) is 4.93. The summed E-state index contributed by atoms with van der Waals surface area (Å²) in [6.45, 7) is 3.68. The van der Waals surface area contributed by atoms with E-state index in [2.05, 4.69) is 15.1 Å². The number of fused-ring (bicyclic) bond motifs is 1. The van der Waals surface area contributed by atoms with Crippen LogP contribution in [0.15, 0.2) is 47.5 Å². The zero-order valence-corrected chi connectivity index (χ0v) is 19.0. The highest BCUT2D eigenvalue weighted by molar-refractivity contribution is 7.81. The molecule has 4 aromatic rings. The largest absolute Gasteiger partial charge is 0.368 e. The normalized spacial score (nSPS) is 19.9. The van der Waals surface area contributed by atoms with Gasteiger partial charge in [0.15, 0.2) is 22.9 Å². The van der Waals surface area contributed by atoms with Crippen molar-refractivity contribution in [2.75, 3.05) is 17.2 Å². The maximum atomic E-state index is 14.5. The summed E-state index contributed by atoms with van der Waals surface area (Å²) in [5, 5.41) is 4.54. The molecule has 4 heterocycles. The summed E-state index contributed by atoms with van der Waals surface area (Å²) in [6, 6.07) is 6.31. The first-order chi connectivity index (χ1) is 16.1. The van der Waals surface area contributed by atoms with Gasteiger partial charge >= 0.3 is 0 Å². The number of nitrogen functional groups attached to an aromatic ring is 1. The zero-order valence-electron chi connectivity index (χ0n) is 18.1. The van der Waals surface area contributed by atoms with E-state index < -0.39 is 22.1 Å². The van der Waals surface area contributed by atoms with E-state index in [9.17, 15) is 18.4 Å². The summed E-state index contributed by atoms with van der Waals surface area (Å²) in [4.78, 5) is 34.4. The van der Waals surface area contributed by atoms with E-state index in [1.165, 1.54) is 48.1 Å². The summed E-state index contributed by atoms with van der Waals surface area (Å²) < 4.78 is 30.4. The predicted octanol–water partition coefficient (Wildman–Crippen LogP) is 2.58. The molecule has 3 aromatic heterocycles. The molecular weight excluding hydrogens is 464 g/mol. The van der Waals surface area contributed by atoms with E-state index in [0.29, 0.717) is 6.54 Å². The first kappa shape index (κ1) is 22.0. The second kappa shape index (κ2) is 7.62. The molecule has 0 saturated carbocycles. The van der Waals surface area contributed by atoms with Crippen LogP contribution in [0.3, 0.4) is 0 Å².